The smallest absolute Gasteiger partial charge is 0.323 e. The highest BCUT2D eigenvalue weighted by Gasteiger charge is 2.23. The molecular weight excluding hydrogens is 220 g/mol. The van der Waals surface area contributed by atoms with E-state index < -0.39 is 5.97 Å². The molecule has 0 unspecified atom stereocenters. The molecule has 0 radical (unpaired) electrons. The third-order valence-corrected chi connectivity index (χ3v) is 2.28. The monoisotopic (exact) mass is 242 g/mol. The van der Waals surface area contributed by atoms with Gasteiger partial charge in [-0.15, -0.1) is 6.58 Å². The lowest BCUT2D eigenvalue weighted by molar-refractivity contribution is -0.137. The number of nitrogens with one attached hydrogen (secondary N) is 1. The van der Waals surface area contributed by atoms with Gasteiger partial charge in [-0.25, -0.2) is 4.79 Å². The summed E-state index contributed by atoms with van der Waals surface area (Å²) in [6, 6.07) is -0.370. The van der Waals surface area contributed by atoms with E-state index in [0.29, 0.717) is 0 Å². The first-order chi connectivity index (χ1) is 7.82. The molecule has 2 amide bonds. The maximum Gasteiger partial charge on any atom is 0.323 e. The van der Waals surface area contributed by atoms with Gasteiger partial charge < -0.3 is 15.3 Å². The van der Waals surface area contributed by atoms with E-state index in [1.54, 1.807) is 0 Å². The van der Waals surface area contributed by atoms with E-state index in [1.807, 2.05) is 20.8 Å². The van der Waals surface area contributed by atoms with Gasteiger partial charge in [0.05, 0.1) is 0 Å². The maximum atomic E-state index is 11.9. The first kappa shape index (κ1) is 15.5. The number of carboxylic acids is 1. The fourth-order valence-electron chi connectivity index (χ4n) is 1.59. The molecule has 0 rings (SSSR count). The largest absolute Gasteiger partial charge is 0.480 e. The number of carboxylic acid groups (broad SMARTS) is 1. The van der Waals surface area contributed by atoms with Crippen LogP contribution in [0, 0.1) is 0 Å². The van der Waals surface area contributed by atoms with Crippen molar-refractivity contribution in [2.24, 2.45) is 0 Å². The van der Waals surface area contributed by atoms with Crippen molar-refractivity contribution in [1.29, 1.82) is 0 Å². The number of hydrogen-bond acceptors (Lipinski definition) is 2. The standard InChI is InChI=1S/C12H22N2O3/c1-5-7-12(3,4)13-11(17)14(8-6-2)9-10(15)16/h6H,2,5,7-9H2,1,3-4H3,(H,13,17)(H,15,16). The lowest BCUT2D eigenvalue weighted by Gasteiger charge is -2.29. The van der Waals surface area contributed by atoms with Crippen molar-refractivity contribution in [1.82, 2.24) is 10.2 Å². The lowest BCUT2D eigenvalue weighted by Crippen LogP contribution is -2.51. The number of nitrogens with zero attached hydrogens (tertiary/aromatic N) is 1. The van der Waals surface area contributed by atoms with Crippen LogP contribution in [-0.4, -0.2) is 40.6 Å². The number of hydrogen-bond donors (Lipinski definition) is 2. The molecule has 0 saturated heterocycles. The molecule has 98 valence electrons. The van der Waals surface area contributed by atoms with E-state index in [0.717, 1.165) is 12.8 Å². The molecule has 0 spiro atoms. The van der Waals surface area contributed by atoms with Crippen LogP contribution in [0.1, 0.15) is 33.6 Å². The van der Waals surface area contributed by atoms with E-state index >= 15 is 0 Å². The lowest BCUT2D eigenvalue weighted by atomic mass is 9.99. The predicted molar refractivity (Wildman–Crippen MR) is 66.9 cm³/mol. The van der Waals surface area contributed by atoms with Gasteiger partial charge in [-0.05, 0) is 20.3 Å². The Morgan fingerprint density at radius 3 is 2.47 bits per heavy atom. The van der Waals surface area contributed by atoms with Crippen LogP contribution in [0.3, 0.4) is 0 Å². The van der Waals surface area contributed by atoms with Crippen molar-refractivity contribution in [3.05, 3.63) is 12.7 Å². The molecule has 2 N–H and O–H groups in total. The highest BCUT2D eigenvalue weighted by atomic mass is 16.4. The molecule has 0 fully saturated rings. The molecule has 0 aromatic heterocycles. The molecule has 17 heavy (non-hydrogen) atoms. The van der Waals surface area contributed by atoms with Crippen molar-refractivity contribution in [3.63, 3.8) is 0 Å². The van der Waals surface area contributed by atoms with E-state index in [4.69, 9.17) is 5.11 Å². The molecule has 0 heterocycles. The summed E-state index contributed by atoms with van der Waals surface area (Å²) >= 11 is 0. The molecule has 0 saturated carbocycles. The van der Waals surface area contributed by atoms with Crippen LogP contribution in [0.5, 0.6) is 0 Å². The Bertz CT molecular complexity index is 287. The molecule has 0 bridgehead atoms. The zero-order valence-corrected chi connectivity index (χ0v) is 10.8. The van der Waals surface area contributed by atoms with Gasteiger partial charge in [0.15, 0.2) is 0 Å². The Labute approximate surface area is 102 Å². The summed E-state index contributed by atoms with van der Waals surface area (Å²) in [4.78, 5) is 23.7. The average Bonchev–Trinajstić information content (AvgIpc) is 2.15. The van der Waals surface area contributed by atoms with Gasteiger partial charge in [0.2, 0.25) is 0 Å². The van der Waals surface area contributed by atoms with Gasteiger partial charge in [-0.1, -0.05) is 19.4 Å². The minimum atomic E-state index is -1.03. The van der Waals surface area contributed by atoms with Crippen molar-refractivity contribution in [2.75, 3.05) is 13.1 Å². The summed E-state index contributed by atoms with van der Waals surface area (Å²) < 4.78 is 0. The maximum absolute atomic E-state index is 11.9. The zero-order chi connectivity index (χ0) is 13.5. The summed E-state index contributed by atoms with van der Waals surface area (Å²) in [6.07, 6.45) is 3.30. The molecule has 0 aliphatic heterocycles. The number of amides is 2. The van der Waals surface area contributed by atoms with E-state index in [-0.39, 0.29) is 24.7 Å². The molecule has 0 aliphatic carbocycles. The van der Waals surface area contributed by atoms with Gasteiger partial charge in [0.25, 0.3) is 0 Å². The second-order valence-corrected chi connectivity index (χ2v) is 4.63. The van der Waals surface area contributed by atoms with Crippen molar-refractivity contribution < 1.29 is 14.7 Å². The minimum Gasteiger partial charge on any atom is -0.480 e. The quantitative estimate of drug-likeness (QED) is 0.669. The Morgan fingerprint density at radius 1 is 1.47 bits per heavy atom. The fraction of sp³-hybridized carbons (Fsp3) is 0.667. The molecule has 0 aromatic carbocycles. The molecule has 0 atom stereocenters. The second kappa shape index (κ2) is 6.93. The first-order valence-corrected chi connectivity index (χ1v) is 5.72. The van der Waals surface area contributed by atoms with Crippen LogP contribution in [0.15, 0.2) is 12.7 Å². The van der Waals surface area contributed by atoms with Gasteiger partial charge in [0.1, 0.15) is 6.54 Å². The second-order valence-electron chi connectivity index (χ2n) is 4.63. The van der Waals surface area contributed by atoms with Crippen LogP contribution in [0.25, 0.3) is 0 Å². The van der Waals surface area contributed by atoms with Crippen LogP contribution in [0.2, 0.25) is 0 Å². The molecule has 5 nitrogen and oxygen atoms in total. The van der Waals surface area contributed by atoms with Crippen LogP contribution < -0.4 is 5.32 Å². The molecule has 0 aliphatic rings. The molecule has 5 heteroatoms. The topological polar surface area (TPSA) is 69.6 Å². The Morgan fingerprint density at radius 2 is 2.06 bits per heavy atom. The summed E-state index contributed by atoms with van der Waals surface area (Å²) in [5.74, 6) is -1.03. The highest BCUT2D eigenvalue weighted by molar-refractivity contribution is 5.80. The SMILES string of the molecule is C=CCN(CC(=O)O)C(=O)NC(C)(C)CCC. The van der Waals surface area contributed by atoms with Crippen LogP contribution >= 0.6 is 0 Å². The third-order valence-electron chi connectivity index (χ3n) is 2.28. The Balaban J connectivity index is 4.50. The fourth-order valence-corrected chi connectivity index (χ4v) is 1.59. The van der Waals surface area contributed by atoms with Gasteiger partial charge in [-0.3, -0.25) is 4.79 Å². The average molecular weight is 242 g/mol. The van der Waals surface area contributed by atoms with Crippen molar-refractivity contribution >= 4 is 12.0 Å². The molecular formula is C12H22N2O3. The van der Waals surface area contributed by atoms with Crippen LogP contribution in [-0.2, 0) is 4.79 Å². The predicted octanol–water partition coefficient (Wildman–Crippen LogP) is 1.85. The first-order valence-electron chi connectivity index (χ1n) is 5.72. The number of carbonyl (C=O) groups is 2. The number of urea groups is 1. The third kappa shape index (κ3) is 6.60. The van der Waals surface area contributed by atoms with Gasteiger partial charge in [-0.2, -0.15) is 0 Å². The normalized spacial score (nSPS) is 10.8. The Hall–Kier alpha value is -1.52. The number of aliphatic carboxylic acids is 1. The highest BCUT2D eigenvalue weighted by Crippen LogP contribution is 2.11. The van der Waals surface area contributed by atoms with Crippen molar-refractivity contribution in [3.8, 4) is 0 Å². The minimum absolute atomic E-state index is 0.223. The van der Waals surface area contributed by atoms with Gasteiger partial charge >= 0.3 is 12.0 Å². The van der Waals surface area contributed by atoms with Gasteiger partial charge in [0, 0.05) is 12.1 Å². The number of carbonyl (C=O) groups excluding carboxylic acids is 1. The van der Waals surface area contributed by atoms with E-state index in [2.05, 4.69) is 11.9 Å². The molecule has 0 aromatic rings. The zero-order valence-electron chi connectivity index (χ0n) is 10.8. The van der Waals surface area contributed by atoms with E-state index in [1.165, 1.54) is 11.0 Å². The van der Waals surface area contributed by atoms with E-state index in [9.17, 15) is 9.59 Å². The van der Waals surface area contributed by atoms with Crippen LogP contribution in [0.4, 0.5) is 4.79 Å². The summed E-state index contributed by atoms with van der Waals surface area (Å²) in [5.41, 5.74) is -0.330. The summed E-state index contributed by atoms with van der Waals surface area (Å²) in [6.45, 7) is 9.28. The summed E-state index contributed by atoms with van der Waals surface area (Å²) in [7, 11) is 0. The number of rotatable bonds is 7. The van der Waals surface area contributed by atoms with Crippen molar-refractivity contribution in [2.45, 2.75) is 39.2 Å². The summed E-state index contributed by atoms with van der Waals surface area (Å²) in [5, 5.41) is 11.5. The Kier molecular flexibility index (Phi) is 6.31.